The Morgan fingerprint density at radius 2 is 1.00 bits per heavy atom. The van der Waals surface area contributed by atoms with E-state index in [1.807, 2.05) is 0 Å². The lowest BCUT2D eigenvalue weighted by Gasteiger charge is -1.72. The minimum Gasteiger partial charge on any atom is -0.473 e. The Hall–Kier alpha value is -1.14. The molecule has 0 unspecified atom stereocenters. The van der Waals surface area contributed by atoms with Gasteiger partial charge < -0.3 is 21.2 Å². The average Bonchev–Trinajstić information content (AvgIpc) is 1.36. The molecule has 0 heterocycles. The molecule has 0 atom stereocenters. The van der Waals surface area contributed by atoms with Gasteiger partial charge in [0.05, 0.1) is 0 Å². The minimum atomic E-state index is -1.82. The molecule has 6 nitrogen and oxygen atoms in total. The standard InChI is InChI=1S/C2H2O4.2H2O/c3-1(4)2(5)6;;/h(H,3,4)(H,5,6);2*1H2/i1+1,2+1;;. The zero-order chi connectivity index (χ0) is 5.15. The first kappa shape index (κ1) is 15.8. The molecule has 0 spiro atoms. The van der Waals surface area contributed by atoms with Gasteiger partial charge in [0.15, 0.2) is 0 Å². The fourth-order valence-electron chi connectivity index (χ4n) is 0. The van der Waals surface area contributed by atoms with E-state index in [2.05, 4.69) is 0 Å². The number of rotatable bonds is 0. The number of carboxylic acids is 2. The van der Waals surface area contributed by atoms with Crippen molar-refractivity contribution >= 4 is 11.9 Å². The van der Waals surface area contributed by atoms with Crippen LogP contribution in [0.25, 0.3) is 0 Å². The van der Waals surface area contributed by atoms with Crippen LogP contribution >= 0.6 is 0 Å². The first-order valence-electron chi connectivity index (χ1n) is 1.11. The van der Waals surface area contributed by atoms with Crippen molar-refractivity contribution < 1.29 is 30.8 Å². The average molecular weight is 128 g/mol. The second-order valence-electron chi connectivity index (χ2n) is 0.610. The summed E-state index contributed by atoms with van der Waals surface area (Å²) in [5.74, 6) is -3.65. The Kier molecular flexibility index (Phi) is 11.6. The van der Waals surface area contributed by atoms with Gasteiger partial charge in [-0.25, -0.2) is 9.59 Å². The molecule has 0 radical (unpaired) electrons. The molecule has 0 saturated carbocycles. The Balaban J connectivity index is -0.000000125. The maximum atomic E-state index is 9.10. The summed E-state index contributed by atoms with van der Waals surface area (Å²) >= 11 is 0. The van der Waals surface area contributed by atoms with Gasteiger partial charge in [0.25, 0.3) is 0 Å². The first-order valence-corrected chi connectivity index (χ1v) is 1.11. The first-order chi connectivity index (χ1) is 2.64. The summed E-state index contributed by atoms with van der Waals surface area (Å²) in [6.45, 7) is 0. The van der Waals surface area contributed by atoms with E-state index in [-0.39, 0.29) is 11.0 Å². The van der Waals surface area contributed by atoms with Crippen molar-refractivity contribution in [1.29, 1.82) is 0 Å². The van der Waals surface area contributed by atoms with Gasteiger partial charge in [0, 0.05) is 0 Å². The molecule has 0 aromatic carbocycles. The maximum absolute atomic E-state index is 9.10. The summed E-state index contributed by atoms with van der Waals surface area (Å²) in [4.78, 5) is 18.2. The summed E-state index contributed by atoms with van der Waals surface area (Å²) in [5, 5.41) is 14.8. The number of carboxylic acid groups (broad SMARTS) is 2. The quantitative estimate of drug-likeness (QED) is 0.275. The van der Waals surface area contributed by atoms with Crippen LogP contribution in [0.4, 0.5) is 0 Å². The molecule has 50 valence electrons. The van der Waals surface area contributed by atoms with Crippen molar-refractivity contribution in [1.82, 2.24) is 0 Å². The molecule has 0 bridgehead atoms. The zero-order valence-electron chi connectivity index (χ0n) is 3.71. The van der Waals surface area contributed by atoms with Crippen molar-refractivity contribution in [2.24, 2.45) is 0 Å². The normalized spacial score (nSPS) is 5.50. The number of carbonyl (C=O) groups is 2. The van der Waals surface area contributed by atoms with Gasteiger partial charge in [0.1, 0.15) is 0 Å². The molecule has 0 aromatic rings. The van der Waals surface area contributed by atoms with E-state index in [4.69, 9.17) is 19.8 Å². The Morgan fingerprint density at radius 1 is 0.875 bits per heavy atom. The van der Waals surface area contributed by atoms with Crippen LogP contribution in [-0.2, 0) is 9.59 Å². The van der Waals surface area contributed by atoms with E-state index in [0.717, 1.165) is 0 Å². The highest BCUT2D eigenvalue weighted by Gasteiger charge is 2.04. The van der Waals surface area contributed by atoms with Gasteiger partial charge >= 0.3 is 11.9 Å². The Labute approximate surface area is 44.0 Å². The van der Waals surface area contributed by atoms with Crippen LogP contribution in [0.5, 0.6) is 0 Å². The fourth-order valence-corrected chi connectivity index (χ4v) is 0. The fraction of sp³-hybridized carbons (Fsp3) is 0. The summed E-state index contributed by atoms with van der Waals surface area (Å²) in [5.41, 5.74) is 0. The van der Waals surface area contributed by atoms with Gasteiger partial charge in [-0.3, -0.25) is 0 Å². The van der Waals surface area contributed by atoms with Crippen molar-refractivity contribution in [3.05, 3.63) is 0 Å². The minimum absolute atomic E-state index is 0. The second kappa shape index (κ2) is 5.86. The van der Waals surface area contributed by atoms with Crippen molar-refractivity contribution in [3.8, 4) is 0 Å². The summed E-state index contributed by atoms with van der Waals surface area (Å²) in [6.07, 6.45) is 0. The lowest BCUT2D eigenvalue weighted by molar-refractivity contribution is -0.159. The third-order valence-corrected chi connectivity index (χ3v) is 0.183. The van der Waals surface area contributed by atoms with E-state index in [1.54, 1.807) is 0 Å². The van der Waals surface area contributed by atoms with Crippen LogP contribution in [-0.4, -0.2) is 33.1 Å². The lowest BCUT2D eigenvalue weighted by Crippen LogP contribution is -2.09. The number of aliphatic carboxylic acids is 2. The SMILES string of the molecule is O.O.O=[13C](O)[13C](=O)O. The zero-order valence-corrected chi connectivity index (χ0v) is 3.71. The topological polar surface area (TPSA) is 138 Å². The van der Waals surface area contributed by atoms with E-state index >= 15 is 0 Å². The molecule has 0 saturated heterocycles. The predicted octanol–water partition coefficient (Wildman–Crippen LogP) is -2.49. The molecular weight excluding hydrogens is 122 g/mol. The Morgan fingerprint density at radius 3 is 1.00 bits per heavy atom. The molecule has 8 heavy (non-hydrogen) atoms. The smallest absolute Gasteiger partial charge is 0.414 e. The monoisotopic (exact) mass is 128 g/mol. The van der Waals surface area contributed by atoms with E-state index in [9.17, 15) is 0 Å². The molecule has 0 aromatic heterocycles. The summed E-state index contributed by atoms with van der Waals surface area (Å²) in [6, 6.07) is 0. The lowest BCUT2D eigenvalue weighted by atomic mass is 11.7. The van der Waals surface area contributed by atoms with E-state index in [1.165, 1.54) is 0 Å². The van der Waals surface area contributed by atoms with Gasteiger partial charge in [-0.2, -0.15) is 0 Å². The third-order valence-electron chi connectivity index (χ3n) is 0.183. The maximum Gasteiger partial charge on any atom is 0.414 e. The van der Waals surface area contributed by atoms with Crippen LogP contribution in [0.3, 0.4) is 0 Å². The number of hydrogen-bond donors (Lipinski definition) is 2. The summed E-state index contributed by atoms with van der Waals surface area (Å²) < 4.78 is 0. The van der Waals surface area contributed by atoms with Gasteiger partial charge in [0.2, 0.25) is 0 Å². The predicted molar refractivity (Wildman–Crippen MR) is 22.5 cm³/mol. The molecule has 0 amide bonds. The van der Waals surface area contributed by atoms with Crippen molar-refractivity contribution in [2.45, 2.75) is 0 Å². The second-order valence-corrected chi connectivity index (χ2v) is 0.610. The highest BCUT2D eigenvalue weighted by atomic mass is 16.6. The van der Waals surface area contributed by atoms with Crippen molar-refractivity contribution in [3.63, 3.8) is 0 Å². The molecular formula is C2H6O6. The summed E-state index contributed by atoms with van der Waals surface area (Å²) in [7, 11) is 0. The van der Waals surface area contributed by atoms with Gasteiger partial charge in [-0.05, 0) is 0 Å². The molecule has 6 heteroatoms. The molecule has 0 aliphatic heterocycles. The van der Waals surface area contributed by atoms with Crippen LogP contribution in [0.1, 0.15) is 0 Å². The molecule has 6 N–H and O–H groups in total. The third kappa shape index (κ3) is 8.85. The molecule has 0 rings (SSSR count). The van der Waals surface area contributed by atoms with Crippen LogP contribution in [0.2, 0.25) is 0 Å². The van der Waals surface area contributed by atoms with Crippen molar-refractivity contribution in [2.75, 3.05) is 0 Å². The number of hydrogen-bond acceptors (Lipinski definition) is 2. The van der Waals surface area contributed by atoms with Gasteiger partial charge in [-0.15, -0.1) is 0 Å². The van der Waals surface area contributed by atoms with Crippen LogP contribution in [0, 0.1) is 0 Å². The van der Waals surface area contributed by atoms with E-state index < -0.39 is 11.9 Å². The Bertz CT molecular complexity index is 72.5. The highest BCUT2D eigenvalue weighted by molar-refractivity contribution is 6.27. The van der Waals surface area contributed by atoms with E-state index in [0.29, 0.717) is 0 Å². The van der Waals surface area contributed by atoms with Gasteiger partial charge in [-0.1, -0.05) is 0 Å². The molecule has 0 fully saturated rings. The van der Waals surface area contributed by atoms with Crippen LogP contribution < -0.4 is 0 Å². The van der Waals surface area contributed by atoms with Crippen LogP contribution in [0.15, 0.2) is 0 Å². The highest BCUT2D eigenvalue weighted by Crippen LogP contribution is 1.56. The molecule has 0 aliphatic rings. The largest absolute Gasteiger partial charge is 0.473 e. The molecule has 0 aliphatic carbocycles.